The number of methoxy groups -OCH3 is 1. The average Bonchev–Trinajstić information content (AvgIpc) is 1.65. The highest BCUT2D eigenvalue weighted by Crippen LogP contribution is 2.33. The van der Waals surface area contributed by atoms with E-state index in [1.807, 2.05) is 0 Å². The number of nitrogens with one attached hydrogen (secondary N) is 7. The predicted molar refractivity (Wildman–Crippen MR) is 364 cm³/mol. The molecule has 11 N–H and O–H groups in total. The van der Waals surface area contributed by atoms with Gasteiger partial charge in [-0.1, -0.05) is 41.9 Å². The van der Waals surface area contributed by atoms with Crippen LogP contribution in [0.1, 0.15) is 75.1 Å². The molecular weight excluding hydrogens is 1420 g/mol. The normalized spacial score (nSPS) is 14.2. The molecule has 0 spiro atoms. The number of amides is 10. The molecule has 1 aliphatic heterocycles. The maximum atomic E-state index is 14.0. The number of urea groups is 1. The minimum atomic E-state index is -4.91. The van der Waals surface area contributed by atoms with E-state index >= 15 is 0 Å². The van der Waals surface area contributed by atoms with Crippen molar-refractivity contribution < 1.29 is 99.2 Å². The second-order valence-corrected chi connectivity index (χ2v) is 26.1. The fraction of sp³-hybridized carbons (Fsp3) is 0.453. The third-order valence-electron chi connectivity index (χ3n) is 14.6. The number of hydrogen-bond donors (Lipinski definition) is 10. The van der Waals surface area contributed by atoms with Crippen molar-refractivity contribution in [1.29, 1.82) is 10.5 Å². The van der Waals surface area contributed by atoms with E-state index in [1.54, 1.807) is 68.5 Å². The first-order chi connectivity index (χ1) is 47.6. The molecule has 0 aliphatic carbocycles. The number of carboxylic acid groups (broad SMARTS) is 1. The largest absolute Gasteiger partial charge is 0.496 e. The van der Waals surface area contributed by atoms with Gasteiger partial charge in [0.15, 0.2) is 0 Å². The van der Waals surface area contributed by atoms with Crippen LogP contribution in [0.25, 0.3) is 22.6 Å². The third kappa shape index (κ3) is 27.3. The van der Waals surface area contributed by atoms with Crippen molar-refractivity contribution in [2.75, 3.05) is 96.4 Å². The molecule has 1 aromatic heterocycles. The van der Waals surface area contributed by atoms with Crippen LogP contribution in [0.5, 0.6) is 5.75 Å². The fourth-order valence-electron chi connectivity index (χ4n) is 9.58. The Kier molecular flexibility index (Phi) is 33.4. The SMILES string of the molecule is COc1ccc(C#N)cc1/C=C(\C#N)c1cn(C(=O)OCc2ccc(NC(=O)[C@H](CCCNC(N)=O)NC(=O)[C@@H](NC(=O)[C@H](CS(=O)(=O)O)NC(=O)CCOCCOCCOCCOCCNC(=O)CCN3C(=O)CC(SC[C@H](NC(C)=O)C(=O)O)C3=O)C(C)C)cc2)c2ccc(Br)cc12. The third-order valence-corrected chi connectivity index (χ3v) is 17.1. The lowest BCUT2D eigenvalue weighted by Gasteiger charge is -2.27. The summed E-state index contributed by atoms with van der Waals surface area (Å²) in [6.45, 7) is 4.76. The summed E-state index contributed by atoms with van der Waals surface area (Å²) in [5, 5.41) is 46.1. The van der Waals surface area contributed by atoms with Crippen LogP contribution in [0.4, 0.5) is 15.3 Å². The van der Waals surface area contributed by atoms with Crippen LogP contribution in [0.15, 0.2) is 71.3 Å². The van der Waals surface area contributed by atoms with Gasteiger partial charge in [0.05, 0.1) is 94.0 Å². The molecule has 5 rings (SSSR count). The Morgan fingerprint density at radius 3 is 2.07 bits per heavy atom. The van der Waals surface area contributed by atoms with Gasteiger partial charge in [0.1, 0.15) is 42.3 Å². The first kappa shape index (κ1) is 81.1. The molecule has 0 bridgehead atoms. The van der Waals surface area contributed by atoms with Crippen molar-refractivity contribution in [3.8, 4) is 17.9 Å². The molecular formula is C64H79BrN12O21S2. The number of halogens is 1. The first-order valence-corrected chi connectivity index (χ1v) is 34.6. The van der Waals surface area contributed by atoms with Gasteiger partial charge in [0.25, 0.3) is 10.1 Å². The van der Waals surface area contributed by atoms with Gasteiger partial charge in [-0.25, -0.2) is 14.4 Å². The Morgan fingerprint density at radius 2 is 1.46 bits per heavy atom. The Hall–Kier alpha value is -9.53. The maximum Gasteiger partial charge on any atom is 0.418 e. The number of allylic oxidation sites excluding steroid dienone is 1. The zero-order valence-corrected chi connectivity index (χ0v) is 58.3. The number of anilines is 1. The molecule has 36 heteroatoms. The van der Waals surface area contributed by atoms with Crippen LogP contribution >= 0.6 is 27.7 Å². The van der Waals surface area contributed by atoms with E-state index in [2.05, 4.69) is 65.3 Å². The second kappa shape index (κ2) is 41.1. The molecule has 1 aliphatic rings. The average molecular weight is 1500 g/mol. The van der Waals surface area contributed by atoms with Gasteiger partial charge in [-0.05, 0) is 78.9 Å². The number of fused-ring (bicyclic) bond motifs is 1. The monoisotopic (exact) mass is 1490 g/mol. The number of aliphatic carboxylic acids is 1. The van der Waals surface area contributed by atoms with Crippen molar-refractivity contribution in [3.63, 3.8) is 0 Å². The van der Waals surface area contributed by atoms with Gasteiger partial charge < -0.3 is 76.5 Å². The number of aromatic nitrogens is 1. The number of primary amides is 1. The summed E-state index contributed by atoms with van der Waals surface area (Å²) in [6.07, 6.45) is 1.60. The van der Waals surface area contributed by atoms with Crippen LogP contribution in [0, 0.1) is 28.6 Å². The lowest BCUT2D eigenvalue weighted by Crippen LogP contribution is -2.59. The second-order valence-electron chi connectivity index (χ2n) is 22.4. The van der Waals surface area contributed by atoms with Crippen LogP contribution in [0.2, 0.25) is 0 Å². The molecule has 4 aromatic rings. The van der Waals surface area contributed by atoms with E-state index in [9.17, 15) is 81.3 Å². The molecule has 1 unspecified atom stereocenters. The highest BCUT2D eigenvalue weighted by atomic mass is 79.9. The Morgan fingerprint density at radius 1 is 0.790 bits per heavy atom. The molecule has 0 radical (unpaired) electrons. The number of nitriles is 2. The number of thioether (sulfide) groups is 1. The standard InChI is InChI=1S/C64H79BrN12O21S2/c1-38(2)57(75-59(83)50(37-100(90,91)92)73-55(80)16-20-94-22-24-96-26-27-97-25-23-95-21-18-69-54(79)15-19-76-56(81)31-53(61(76)85)99-36-49(62(86)87)71-39(3)78)60(84)74-48(6-5-17-70-63(68)88)58(82)72-45-11-7-40(8-12-45)35-98-64(89)77-34-47(46-30-44(65)10-13-51(46)77)43(33-67)29-42-28-41(32-66)9-14-52(42)93-4/h7-14,28-30,34,38,48-50,53,57H,5-6,15-27,31,35-37H2,1-4H3,(H,69,79)(H,71,78)(H,72,82)(H,73,80)(H,74,84)(H,75,83)(H,86,87)(H3,68,70,88)(H,90,91,92)/b43-29+/t48-,49-,50-,53?,57-/m0/s1. The van der Waals surface area contributed by atoms with Crippen molar-refractivity contribution in [2.24, 2.45) is 11.7 Å². The summed E-state index contributed by atoms with van der Waals surface area (Å²) in [5.41, 5.74) is 7.75. The number of nitrogens with two attached hydrogens (primary N) is 1. The van der Waals surface area contributed by atoms with Crippen molar-refractivity contribution in [3.05, 3.63) is 93.6 Å². The quantitative estimate of drug-likeness (QED) is 0.0132. The molecule has 1 fully saturated rings. The summed E-state index contributed by atoms with van der Waals surface area (Å²) in [6, 6.07) is 13.6. The van der Waals surface area contributed by atoms with E-state index in [1.165, 1.54) is 30.0 Å². The minimum Gasteiger partial charge on any atom is -0.496 e. The number of rotatable bonds is 42. The van der Waals surface area contributed by atoms with Crippen LogP contribution in [-0.2, 0) is 83.6 Å². The molecule has 5 atom stereocenters. The van der Waals surface area contributed by atoms with Crippen LogP contribution < -0.4 is 47.7 Å². The van der Waals surface area contributed by atoms with Gasteiger partial charge >= 0.3 is 18.1 Å². The number of imide groups is 1. The number of likely N-dealkylation sites (tertiary alicyclic amines) is 1. The lowest BCUT2D eigenvalue weighted by molar-refractivity contribution is -0.141. The number of ether oxygens (including phenoxy) is 6. The smallest absolute Gasteiger partial charge is 0.418 e. The van der Waals surface area contributed by atoms with Gasteiger partial charge in [0, 0.05) is 84.4 Å². The maximum absolute atomic E-state index is 14.0. The lowest BCUT2D eigenvalue weighted by atomic mass is 10.0. The zero-order chi connectivity index (χ0) is 73.5. The molecule has 3 aromatic carbocycles. The molecule has 2 heterocycles. The summed E-state index contributed by atoms with van der Waals surface area (Å²) in [5.74, 6) is -8.63. The van der Waals surface area contributed by atoms with Gasteiger partial charge in [0.2, 0.25) is 47.3 Å². The van der Waals surface area contributed by atoms with E-state index in [0.29, 0.717) is 43.4 Å². The topological polar surface area (TPSA) is 484 Å². The molecule has 540 valence electrons. The fourth-order valence-corrected chi connectivity index (χ4v) is 11.8. The number of benzene rings is 3. The van der Waals surface area contributed by atoms with E-state index in [-0.39, 0.29) is 128 Å². The van der Waals surface area contributed by atoms with Crippen molar-refractivity contribution in [1.82, 2.24) is 41.4 Å². The van der Waals surface area contributed by atoms with E-state index in [0.717, 1.165) is 23.6 Å². The van der Waals surface area contributed by atoms with E-state index < -0.39 is 117 Å². The number of carboxylic acids is 1. The van der Waals surface area contributed by atoms with Gasteiger partial charge in [-0.15, -0.1) is 11.8 Å². The molecule has 1 saturated heterocycles. The summed E-state index contributed by atoms with van der Waals surface area (Å²) < 4.78 is 68.7. The number of carbonyl (C=O) groups is 11. The Bertz CT molecular complexity index is 3820. The summed E-state index contributed by atoms with van der Waals surface area (Å²) in [4.78, 5) is 141. The Balaban J connectivity index is 1.02. The molecule has 33 nitrogen and oxygen atoms in total. The minimum absolute atomic E-state index is 0.00616. The Labute approximate surface area is 588 Å². The van der Waals surface area contributed by atoms with Crippen molar-refractivity contribution in [2.45, 2.75) is 88.9 Å². The van der Waals surface area contributed by atoms with Gasteiger partial charge in [-0.3, -0.25) is 52.4 Å². The number of hydrogen-bond acceptors (Lipinski definition) is 22. The summed E-state index contributed by atoms with van der Waals surface area (Å²) >= 11 is 4.40. The first-order valence-electron chi connectivity index (χ1n) is 31.1. The predicted octanol–water partition coefficient (Wildman–Crippen LogP) is 2.33. The molecule has 100 heavy (non-hydrogen) atoms. The number of nitrogens with zero attached hydrogens (tertiary/aromatic N) is 4. The summed E-state index contributed by atoms with van der Waals surface area (Å²) in [7, 11) is -3.45. The highest BCUT2D eigenvalue weighted by Gasteiger charge is 2.40. The zero-order valence-electron chi connectivity index (χ0n) is 55.0. The van der Waals surface area contributed by atoms with Crippen molar-refractivity contribution >= 4 is 131 Å². The molecule has 0 saturated carbocycles. The van der Waals surface area contributed by atoms with Crippen LogP contribution in [-0.4, -0.2) is 213 Å². The number of carbonyl (C=O) groups excluding carboxylic acids is 10. The molecule has 10 amide bonds. The van der Waals surface area contributed by atoms with Gasteiger partial charge in [-0.2, -0.15) is 18.9 Å². The van der Waals surface area contributed by atoms with Crippen LogP contribution in [0.3, 0.4) is 0 Å². The van der Waals surface area contributed by atoms with E-state index in [4.69, 9.17) is 34.2 Å². The highest BCUT2D eigenvalue weighted by molar-refractivity contribution is 9.10.